The topological polar surface area (TPSA) is 32.3 Å². The first kappa shape index (κ1) is 12.5. The minimum Gasteiger partial charge on any atom is -0.385 e. The summed E-state index contributed by atoms with van der Waals surface area (Å²) in [6.07, 6.45) is 4.85. The van der Waals surface area contributed by atoms with Gasteiger partial charge < -0.3 is 10.2 Å². The number of piperidine rings is 1. The maximum atomic E-state index is 12.5. The molecule has 2 unspecified atom stereocenters. The molecule has 0 radical (unpaired) electrons. The van der Waals surface area contributed by atoms with Crippen LogP contribution in [0.15, 0.2) is 24.3 Å². The molecule has 2 atom stereocenters. The molecule has 3 rings (SSSR count). The van der Waals surface area contributed by atoms with Gasteiger partial charge in [-0.05, 0) is 55.9 Å². The van der Waals surface area contributed by atoms with Gasteiger partial charge in [0.25, 0.3) is 5.91 Å². The number of amides is 1. The number of carbonyl (C=O) groups is 1. The highest BCUT2D eigenvalue weighted by Crippen LogP contribution is 2.38. The van der Waals surface area contributed by atoms with Crippen molar-refractivity contribution in [1.29, 1.82) is 0 Å². The van der Waals surface area contributed by atoms with E-state index in [0.717, 1.165) is 36.7 Å². The van der Waals surface area contributed by atoms with Crippen LogP contribution in [-0.2, 0) is 0 Å². The molecule has 1 aliphatic carbocycles. The van der Waals surface area contributed by atoms with Gasteiger partial charge in [0, 0.05) is 30.4 Å². The van der Waals surface area contributed by atoms with Crippen LogP contribution in [0.2, 0.25) is 0 Å². The Morgan fingerprint density at radius 1 is 1.32 bits per heavy atom. The van der Waals surface area contributed by atoms with Crippen molar-refractivity contribution in [2.75, 3.05) is 18.4 Å². The zero-order valence-corrected chi connectivity index (χ0v) is 11.6. The van der Waals surface area contributed by atoms with E-state index in [1.54, 1.807) is 0 Å². The van der Waals surface area contributed by atoms with E-state index in [0.29, 0.717) is 6.04 Å². The SMILES string of the molecule is CCCNc1ccc(C(=O)N2CC3CCC2C3)cc1. The van der Waals surface area contributed by atoms with Crippen LogP contribution >= 0.6 is 0 Å². The number of benzene rings is 1. The number of nitrogens with zero attached hydrogens (tertiary/aromatic N) is 1. The summed E-state index contributed by atoms with van der Waals surface area (Å²) in [6, 6.07) is 8.43. The van der Waals surface area contributed by atoms with Crippen LogP contribution in [0.1, 0.15) is 43.0 Å². The van der Waals surface area contributed by atoms with Gasteiger partial charge in [0.1, 0.15) is 0 Å². The highest BCUT2D eigenvalue weighted by Gasteiger charge is 2.40. The lowest BCUT2D eigenvalue weighted by Crippen LogP contribution is -2.37. The molecule has 1 heterocycles. The minimum absolute atomic E-state index is 0.217. The van der Waals surface area contributed by atoms with Crippen molar-refractivity contribution >= 4 is 11.6 Å². The van der Waals surface area contributed by atoms with Crippen LogP contribution in [0.3, 0.4) is 0 Å². The van der Waals surface area contributed by atoms with E-state index in [1.807, 2.05) is 24.3 Å². The lowest BCUT2D eigenvalue weighted by molar-refractivity contribution is 0.0703. The second-order valence-corrected chi connectivity index (χ2v) is 5.79. The van der Waals surface area contributed by atoms with Crippen LogP contribution in [-0.4, -0.2) is 29.9 Å². The van der Waals surface area contributed by atoms with E-state index in [-0.39, 0.29) is 5.91 Å². The number of anilines is 1. The molecule has 1 saturated carbocycles. The van der Waals surface area contributed by atoms with E-state index < -0.39 is 0 Å². The predicted octanol–water partition coefficient (Wildman–Crippen LogP) is 3.13. The first-order chi connectivity index (χ1) is 9.28. The Bertz CT molecular complexity index is 454. The van der Waals surface area contributed by atoms with Gasteiger partial charge >= 0.3 is 0 Å². The van der Waals surface area contributed by atoms with Crippen molar-refractivity contribution in [3.63, 3.8) is 0 Å². The molecule has 1 saturated heterocycles. The highest BCUT2D eigenvalue weighted by molar-refractivity contribution is 5.95. The molecule has 3 nitrogen and oxygen atoms in total. The van der Waals surface area contributed by atoms with Gasteiger partial charge in [-0.15, -0.1) is 0 Å². The summed E-state index contributed by atoms with van der Waals surface area (Å²) >= 11 is 0. The zero-order chi connectivity index (χ0) is 13.2. The van der Waals surface area contributed by atoms with Crippen LogP contribution in [0.5, 0.6) is 0 Å². The van der Waals surface area contributed by atoms with Crippen LogP contribution < -0.4 is 5.32 Å². The number of hydrogen-bond donors (Lipinski definition) is 1. The summed E-state index contributed by atoms with van der Waals surface area (Å²) in [6.45, 7) is 4.09. The van der Waals surface area contributed by atoms with Crippen molar-refractivity contribution < 1.29 is 4.79 Å². The molecule has 0 aromatic heterocycles. The molecule has 19 heavy (non-hydrogen) atoms. The molecule has 1 aromatic carbocycles. The molecule has 1 amide bonds. The summed E-state index contributed by atoms with van der Waals surface area (Å²) < 4.78 is 0. The monoisotopic (exact) mass is 258 g/mol. The first-order valence-corrected chi connectivity index (χ1v) is 7.43. The van der Waals surface area contributed by atoms with E-state index in [2.05, 4.69) is 17.1 Å². The third kappa shape index (κ3) is 2.46. The molecular weight excluding hydrogens is 236 g/mol. The second kappa shape index (κ2) is 5.24. The van der Waals surface area contributed by atoms with Crippen molar-refractivity contribution in [2.45, 2.75) is 38.6 Å². The Labute approximate surface area is 115 Å². The first-order valence-electron chi connectivity index (χ1n) is 7.43. The number of nitrogens with one attached hydrogen (secondary N) is 1. The van der Waals surface area contributed by atoms with E-state index in [1.165, 1.54) is 19.3 Å². The molecule has 1 N–H and O–H groups in total. The standard InChI is InChI=1S/C16H22N2O/c1-2-9-17-14-6-4-13(5-7-14)16(19)18-11-12-3-8-15(18)10-12/h4-7,12,15,17H,2-3,8-11H2,1H3. The normalized spacial score (nSPS) is 24.8. The number of likely N-dealkylation sites (tertiary alicyclic amines) is 1. The number of fused-ring (bicyclic) bond motifs is 2. The number of rotatable bonds is 4. The van der Waals surface area contributed by atoms with Crippen molar-refractivity contribution in [1.82, 2.24) is 4.90 Å². The summed E-state index contributed by atoms with van der Waals surface area (Å²) in [5.41, 5.74) is 1.93. The Hall–Kier alpha value is -1.51. The lowest BCUT2D eigenvalue weighted by Gasteiger charge is -2.27. The number of hydrogen-bond acceptors (Lipinski definition) is 2. The zero-order valence-electron chi connectivity index (χ0n) is 11.6. The van der Waals surface area contributed by atoms with Crippen LogP contribution in [0, 0.1) is 5.92 Å². The largest absolute Gasteiger partial charge is 0.385 e. The van der Waals surface area contributed by atoms with Gasteiger partial charge in [0.2, 0.25) is 0 Å². The summed E-state index contributed by atoms with van der Waals surface area (Å²) in [5.74, 6) is 0.980. The Kier molecular flexibility index (Phi) is 3.45. The fourth-order valence-electron chi connectivity index (χ4n) is 3.34. The van der Waals surface area contributed by atoms with Gasteiger partial charge in [-0.2, -0.15) is 0 Å². The van der Waals surface area contributed by atoms with Crippen LogP contribution in [0.25, 0.3) is 0 Å². The average Bonchev–Trinajstić information content (AvgIpc) is 3.07. The van der Waals surface area contributed by atoms with E-state index in [9.17, 15) is 4.79 Å². The average molecular weight is 258 g/mol. The fourth-order valence-corrected chi connectivity index (χ4v) is 3.34. The molecule has 2 bridgehead atoms. The smallest absolute Gasteiger partial charge is 0.254 e. The van der Waals surface area contributed by atoms with Gasteiger partial charge in [-0.1, -0.05) is 6.92 Å². The second-order valence-electron chi connectivity index (χ2n) is 5.79. The molecule has 0 spiro atoms. The summed E-state index contributed by atoms with van der Waals surface area (Å²) in [4.78, 5) is 14.6. The summed E-state index contributed by atoms with van der Waals surface area (Å²) in [7, 11) is 0. The van der Waals surface area contributed by atoms with Gasteiger partial charge in [-0.25, -0.2) is 0 Å². The van der Waals surface area contributed by atoms with Crippen molar-refractivity contribution in [2.24, 2.45) is 5.92 Å². The van der Waals surface area contributed by atoms with Crippen LogP contribution in [0.4, 0.5) is 5.69 Å². The van der Waals surface area contributed by atoms with Crippen molar-refractivity contribution in [3.8, 4) is 0 Å². The molecule has 1 aliphatic heterocycles. The number of carbonyl (C=O) groups excluding carboxylic acids is 1. The highest BCUT2D eigenvalue weighted by atomic mass is 16.2. The Balaban J connectivity index is 1.67. The van der Waals surface area contributed by atoms with Gasteiger partial charge in [-0.3, -0.25) is 4.79 Å². The maximum absolute atomic E-state index is 12.5. The molecule has 3 heteroatoms. The third-order valence-corrected chi connectivity index (χ3v) is 4.38. The minimum atomic E-state index is 0.217. The lowest BCUT2D eigenvalue weighted by atomic mass is 10.1. The molecular formula is C16H22N2O. The summed E-state index contributed by atoms with van der Waals surface area (Å²) in [5, 5.41) is 3.33. The Morgan fingerprint density at radius 3 is 2.68 bits per heavy atom. The quantitative estimate of drug-likeness (QED) is 0.900. The third-order valence-electron chi connectivity index (χ3n) is 4.38. The Morgan fingerprint density at radius 2 is 2.11 bits per heavy atom. The fraction of sp³-hybridized carbons (Fsp3) is 0.562. The molecule has 102 valence electrons. The maximum Gasteiger partial charge on any atom is 0.254 e. The predicted molar refractivity (Wildman–Crippen MR) is 77.4 cm³/mol. The van der Waals surface area contributed by atoms with E-state index >= 15 is 0 Å². The van der Waals surface area contributed by atoms with Gasteiger partial charge in [0.15, 0.2) is 0 Å². The molecule has 2 fully saturated rings. The molecule has 2 aliphatic rings. The molecule has 1 aromatic rings. The van der Waals surface area contributed by atoms with E-state index in [4.69, 9.17) is 0 Å². The van der Waals surface area contributed by atoms with Crippen molar-refractivity contribution in [3.05, 3.63) is 29.8 Å². The van der Waals surface area contributed by atoms with Gasteiger partial charge in [0.05, 0.1) is 0 Å².